The van der Waals surface area contributed by atoms with E-state index < -0.39 is 5.82 Å². The molecule has 1 aromatic carbocycles. The molecule has 0 aliphatic heterocycles. The molecule has 0 aliphatic carbocycles. The Morgan fingerprint density at radius 2 is 2.21 bits per heavy atom. The number of nitrogens with one attached hydrogen (secondary N) is 1. The van der Waals surface area contributed by atoms with Crippen LogP contribution in [0.4, 0.5) is 4.39 Å². The lowest BCUT2D eigenvalue weighted by molar-refractivity contribution is 0.628. The zero-order valence-electron chi connectivity index (χ0n) is 11.1. The molecule has 0 fully saturated rings. The smallest absolute Gasteiger partial charge is 0.141 e. The third-order valence-electron chi connectivity index (χ3n) is 2.84. The maximum absolute atomic E-state index is 13.2. The zero-order valence-corrected chi connectivity index (χ0v) is 11.8. The first-order valence-corrected chi connectivity index (χ1v) is 6.68. The van der Waals surface area contributed by atoms with E-state index in [-0.39, 0.29) is 5.02 Å². The van der Waals surface area contributed by atoms with Crippen LogP contribution in [0, 0.1) is 5.82 Å². The van der Waals surface area contributed by atoms with Crippen LogP contribution >= 0.6 is 11.6 Å². The van der Waals surface area contributed by atoms with E-state index >= 15 is 0 Å². The highest BCUT2D eigenvalue weighted by molar-refractivity contribution is 6.31. The second-order valence-electron chi connectivity index (χ2n) is 4.48. The van der Waals surface area contributed by atoms with E-state index in [9.17, 15) is 4.39 Å². The molecule has 1 aromatic heterocycles. The molecule has 2 aromatic rings. The van der Waals surface area contributed by atoms with Crippen LogP contribution in [0.1, 0.15) is 18.9 Å². The van der Waals surface area contributed by atoms with E-state index in [1.807, 2.05) is 13.2 Å². The molecule has 0 spiro atoms. The van der Waals surface area contributed by atoms with Gasteiger partial charge < -0.3 is 5.32 Å². The number of hydrogen-bond donors (Lipinski definition) is 1. The summed E-state index contributed by atoms with van der Waals surface area (Å²) in [5.74, 6) is -0.410. The van der Waals surface area contributed by atoms with Crippen molar-refractivity contribution >= 4 is 11.6 Å². The average Bonchev–Trinajstić information content (AvgIpc) is 2.74. The van der Waals surface area contributed by atoms with E-state index in [1.165, 1.54) is 6.07 Å². The molecule has 5 heteroatoms. The molecule has 1 N–H and O–H groups in total. The molecular weight excluding hydrogens is 265 g/mol. The fraction of sp³-hybridized carbons (Fsp3) is 0.357. The lowest BCUT2D eigenvalue weighted by atomic mass is 10.1. The van der Waals surface area contributed by atoms with Gasteiger partial charge in [-0.05, 0) is 31.2 Å². The molecule has 0 unspecified atom stereocenters. The first-order valence-electron chi connectivity index (χ1n) is 6.30. The van der Waals surface area contributed by atoms with Gasteiger partial charge >= 0.3 is 0 Å². The van der Waals surface area contributed by atoms with Gasteiger partial charge in [0.15, 0.2) is 0 Å². The summed E-state index contributed by atoms with van der Waals surface area (Å²) >= 11 is 5.82. The van der Waals surface area contributed by atoms with Crippen molar-refractivity contribution in [1.29, 1.82) is 0 Å². The van der Waals surface area contributed by atoms with Gasteiger partial charge in [-0.3, -0.25) is 4.68 Å². The van der Waals surface area contributed by atoms with E-state index in [4.69, 9.17) is 11.6 Å². The minimum Gasteiger partial charge on any atom is -0.313 e. The molecule has 0 amide bonds. The standard InChI is InChI=1S/C14H17ClFN3/c1-3-6-17-8-11-9-19(2)18-14(11)10-4-5-13(16)12(15)7-10/h4-5,7,9,17H,3,6,8H2,1-2H3. The van der Waals surface area contributed by atoms with E-state index in [0.29, 0.717) is 0 Å². The highest BCUT2D eigenvalue weighted by Gasteiger charge is 2.11. The zero-order chi connectivity index (χ0) is 13.8. The van der Waals surface area contributed by atoms with Crippen molar-refractivity contribution in [1.82, 2.24) is 15.1 Å². The summed E-state index contributed by atoms with van der Waals surface area (Å²) in [6, 6.07) is 4.69. The summed E-state index contributed by atoms with van der Waals surface area (Å²) in [5.41, 5.74) is 2.76. The number of nitrogens with zero attached hydrogens (tertiary/aromatic N) is 2. The molecule has 0 radical (unpaired) electrons. The summed E-state index contributed by atoms with van der Waals surface area (Å²) < 4.78 is 15.0. The highest BCUT2D eigenvalue weighted by atomic mass is 35.5. The Morgan fingerprint density at radius 3 is 2.89 bits per heavy atom. The SMILES string of the molecule is CCCNCc1cn(C)nc1-c1ccc(F)c(Cl)c1. The minimum absolute atomic E-state index is 0.121. The maximum atomic E-state index is 13.2. The lowest BCUT2D eigenvalue weighted by Crippen LogP contribution is -2.13. The molecule has 102 valence electrons. The first-order chi connectivity index (χ1) is 9.11. The first kappa shape index (κ1) is 14.0. The van der Waals surface area contributed by atoms with Gasteiger partial charge in [0.05, 0.1) is 10.7 Å². The third-order valence-corrected chi connectivity index (χ3v) is 3.13. The summed E-state index contributed by atoms with van der Waals surface area (Å²) in [6.45, 7) is 3.82. The fourth-order valence-electron chi connectivity index (χ4n) is 1.95. The Kier molecular flexibility index (Phi) is 4.56. The van der Waals surface area contributed by atoms with Gasteiger partial charge in [-0.15, -0.1) is 0 Å². The van der Waals surface area contributed by atoms with Crippen LogP contribution in [0.25, 0.3) is 11.3 Å². The number of aryl methyl sites for hydroxylation is 1. The van der Waals surface area contributed by atoms with Crippen LogP contribution in [0.3, 0.4) is 0 Å². The Bertz CT molecular complexity index is 566. The molecule has 3 nitrogen and oxygen atoms in total. The Balaban J connectivity index is 2.29. The molecule has 19 heavy (non-hydrogen) atoms. The predicted molar refractivity (Wildman–Crippen MR) is 75.6 cm³/mol. The quantitative estimate of drug-likeness (QED) is 0.852. The van der Waals surface area contributed by atoms with Crippen molar-refractivity contribution in [3.63, 3.8) is 0 Å². The number of benzene rings is 1. The Morgan fingerprint density at radius 1 is 1.42 bits per heavy atom. The minimum atomic E-state index is -0.410. The lowest BCUT2D eigenvalue weighted by Gasteiger charge is -2.04. The van der Waals surface area contributed by atoms with E-state index in [2.05, 4.69) is 17.3 Å². The molecule has 1 heterocycles. The van der Waals surface area contributed by atoms with Gasteiger partial charge in [0.25, 0.3) is 0 Å². The van der Waals surface area contributed by atoms with Gasteiger partial charge in [0.2, 0.25) is 0 Å². The summed E-state index contributed by atoms with van der Waals surface area (Å²) in [5, 5.41) is 7.89. The Hall–Kier alpha value is -1.39. The maximum Gasteiger partial charge on any atom is 0.141 e. The van der Waals surface area contributed by atoms with Crippen LogP contribution in [0.2, 0.25) is 5.02 Å². The van der Waals surface area contributed by atoms with Gasteiger partial charge in [-0.1, -0.05) is 18.5 Å². The van der Waals surface area contributed by atoms with Gasteiger partial charge in [-0.25, -0.2) is 4.39 Å². The molecule has 0 aliphatic rings. The topological polar surface area (TPSA) is 29.9 Å². The Labute approximate surface area is 117 Å². The van der Waals surface area contributed by atoms with Gasteiger partial charge in [-0.2, -0.15) is 5.10 Å². The number of hydrogen-bond acceptors (Lipinski definition) is 2. The van der Waals surface area contributed by atoms with Crippen molar-refractivity contribution in [3.8, 4) is 11.3 Å². The van der Waals surface area contributed by atoms with Crippen LogP contribution in [0.15, 0.2) is 24.4 Å². The third kappa shape index (κ3) is 3.33. The van der Waals surface area contributed by atoms with Gasteiger partial charge in [0.1, 0.15) is 5.82 Å². The van der Waals surface area contributed by atoms with Crippen LogP contribution in [0.5, 0.6) is 0 Å². The second kappa shape index (κ2) is 6.17. The second-order valence-corrected chi connectivity index (χ2v) is 4.89. The molecule has 0 bridgehead atoms. The van der Waals surface area contributed by atoms with Crippen LogP contribution in [-0.2, 0) is 13.6 Å². The average molecular weight is 282 g/mol. The van der Waals surface area contributed by atoms with Crippen molar-refractivity contribution in [2.24, 2.45) is 7.05 Å². The van der Waals surface area contributed by atoms with E-state index in [1.54, 1.807) is 16.8 Å². The van der Waals surface area contributed by atoms with Crippen LogP contribution in [-0.4, -0.2) is 16.3 Å². The number of rotatable bonds is 5. The number of aromatic nitrogens is 2. The van der Waals surface area contributed by atoms with Crippen molar-refractivity contribution < 1.29 is 4.39 Å². The largest absolute Gasteiger partial charge is 0.313 e. The predicted octanol–water partition coefficient (Wildman–Crippen LogP) is 3.38. The normalized spacial score (nSPS) is 10.9. The molecule has 0 saturated carbocycles. The highest BCUT2D eigenvalue weighted by Crippen LogP contribution is 2.26. The summed E-state index contributed by atoms with van der Waals surface area (Å²) in [4.78, 5) is 0. The molecular formula is C14H17ClFN3. The van der Waals surface area contributed by atoms with Gasteiger partial charge in [0, 0.05) is 30.9 Å². The summed E-state index contributed by atoms with van der Waals surface area (Å²) in [6.07, 6.45) is 3.05. The van der Waals surface area contributed by atoms with E-state index in [0.717, 1.165) is 36.3 Å². The monoisotopic (exact) mass is 281 g/mol. The molecule has 0 atom stereocenters. The number of halogens is 2. The van der Waals surface area contributed by atoms with Crippen molar-refractivity contribution in [2.75, 3.05) is 6.54 Å². The molecule has 0 saturated heterocycles. The fourth-order valence-corrected chi connectivity index (χ4v) is 2.13. The molecule has 2 rings (SSSR count). The van der Waals surface area contributed by atoms with Crippen LogP contribution < -0.4 is 5.32 Å². The summed E-state index contributed by atoms with van der Waals surface area (Å²) in [7, 11) is 1.87. The van der Waals surface area contributed by atoms with Crippen molar-refractivity contribution in [3.05, 3.63) is 40.8 Å². The van der Waals surface area contributed by atoms with Crippen molar-refractivity contribution in [2.45, 2.75) is 19.9 Å².